The molecule has 0 amide bonds. The van der Waals surface area contributed by atoms with E-state index in [4.69, 9.17) is 9.84 Å². The summed E-state index contributed by atoms with van der Waals surface area (Å²) in [4.78, 5) is 19.5. The fourth-order valence-corrected chi connectivity index (χ4v) is 1.65. The maximum absolute atomic E-state index is 11.2. The zero-order chi connectivity index (χ0) is 12.8. The highest BCUT2D eigenvalue weighted by Crippen LogP contribution is 2.22. The molecule has 17 heavy (non-hydrogen) atoms. The van der Waals surface area contributed by atoms with E-state index in [1.165, 1.54) is 0 Å². The molecule has 0 aliphatic rings. The van der Waals surface area contributed by atoms with Gasteiger partial charge < -0.3 is 9.84 Å². The first-order valence-corrected chi connectivity index (χ1v) is 5.79. The van der Waals surface area contributed by atoms with Gasteiger partial charge >= 0.3 is 5.97 Å². The maximum atomic E-state index is 11.2. The summed E-state index contributed by atoms with van der Waals surface area (Å²) in [7, 11) is 0. The SMILES string of the molecule is CCCC(C(=O)O)c1cc(OCC)nc(C)n1. The Morgan fingerprint density at radius 2 is 2.18 bits per heavy atom. The van der Waals surface area contributed by atoms with Gasteiger partial charge in [-0.3, -0.25) is 4.79 Å². The van der Waals surface area contributed by atoms with Gasteiger partial charge in [0.1, 0.15) is 5.82 Å². The molecule has 1 rings (SSSR count). The van der Waals surface area contributed by atoms with Crippen molar-refractivity contribution in [3.05, 3.63) is 17.6 Å². The van der Waals surface area contributed by atoms with Crippen LogP contribution in [0.1, 0.15) is 44.1 Å². The average molecular weight is 238 g/mol. The number of hydrogen-bond acceptors (Lipinski definition) is 4. The average Bonchev–Trinajstić information content (AvgIpc) is 2.25. The van der Waals surface area contributed by atoms with Crippen molar-refractivity contribution in [3.63, 3.8) is 0 Å². The fourth-order valence-electron chi connectivity index (χ4n) is 1.65. The monoisotopic (exact) mass is 238 g/mol. The first kappa shape index (κ1) is 13.4. The van der Waals surface area contributed by atoms with Gasteiger partial charge in [-0.2, -0.15) is 4.98 Å². The minimum atomic E-state index is -0.854. The quantitative estimate of drug-likeness (QED) is 0.822. The van der Waals surface area contributed by atoms with Crippen molar-refractivity contribution in [2.24, 2.45) is 0 Å². The number of rotatable bonds is 6. The van der Waals surface area contributed by atoms with Crippen molar-refractivity contribution < 1.29 is 14.6 Å². The van der Waals surface area contributed by atoms with E-state index in [2.05, 4.69) is 9.97 Å². The Bertz CT molecular complexity index is 393. The number of nitrogens with zero attached hydrogens (tertiary/aromatic N) is 2. The van der Waals surface area contributed by atoms with E-state index in [9.17, 15) is 4.79 Å². The molecule has 94 valence electrons. The zero-order valence-electron chi connectivity index (χ0n) is 10.4. The van der Waals surface area contributed by atoms with Crippen LogP contribution < -0.4 is 4.74 Å². The smallest absolute Gasteiger partial charge is 0.312 e. The Morgan fingerprint density at radius 1 is 1.47 bits per heavy atom. The summed E-state index contributed by atoms with van der Waals surface area (Å²) >= 11 is 0. The first-order valence-electron chi connectivity index (χ1n) is 5.79. The lowest BCUT2D eigenvalue weighted by Crippen LogP contribution is -2.14. The summed E-state index contributed by atoms with van der Waals surface area (Å²) in [6.45, 7) is 6.05. The standard InChI is InChI=1S/C12H18N2O3/c1-4-6-9(12(15)16)10-7-11(17-5-2)14-8(3)13-10/h7,9H,4-6H2,1-3H3,(H,15,16). The van der Waals surface area contributed by atoms with Gasteiger partial charge in [0.2, 0.25) is 5.88 Å². The summed E-state index contributed by atoms with van der Waals surface area (Å²) in [5.41, 5.74) is 0.523. The molecular weight excluding hydrogens is 220 g/mol. The van der Waals surface area contributed by atoms with Crippen LogP contribution in [0.25, 0.3) is 0 Å². The van der Waals surface area contributed by atoms with Gasteiger partial charge in [-0.15, -0.1) is 0 Å². The summed E-state index contributed by atoms with van der Waals surface area (Å²) in [5.74, 6) is -0.459. The molecule has 0 aliphatic heterocycles. The van der Waals surface area contributed by atoms with E-state index < -0.39 is 11.9 Å². The maximum Gasteiger partial charge on any atom is 0.312 e. The van der Waals surface area contributed by atoms with Gasteiger partial charge in [0.25, 0.3) is 0 Å². The number of aryl methyl sites for hydroxylation is 1. The van der Waals surface area contributed by atoms with Crippen LogP contribution in [0, 0.1) is 6.92 Å². The molecule has 5 nitrogen and oxygen atoms in total. The van der Waals surface area contributed by atoms with Crippen molar-refractivity contribution >= 4 is 5.97 Å². The molecule has 1 unspecified atom stereocenters. The summed E-state index contributed by atoms with van der Waals surface area (Å²) in [5, 5.41) is 9.17. The second kappa shape index (κ2) is 6.18. The van der Waals surface area contributed by atoms with Crippen LogP contribution in [-0.4, -0.2) is 27.7 Å². The summed E-state index contributed by atoms with van der Waals surface area (Å²) in [6.07, 6.45) is 1.36. The molecule has 0 saturated heterocycles. The van der Waals surface area contributed by atoms with Crippen LogP contribution in [0.3, 0.4) is 0 Å². The topological polar surface area (TPSA) is 72.3 Å². The number of carboxylic acid groups (broad SMARTS) is 1. The molecule has 0 saturated carbocycles. The van der Waals surface area contributed by atoms with Gasteiger partial charge in [-0.1, -0.05) is 13.3 Å². The molecule has 0 spiro atoms. The Kier molecular flexibility index (Phi) is 4.87. The van der Waals surface area contributed by atoms with Crippen molar-refractivity contribution in [2.45, 2.75) is 39.5 Å². The summed E-state index contributed by atoms with van der Waals surface area (Å²) in [6, 6.07) is 1.62. The molecule has 1 N–H and O–H groups in total. The molecule has 0 bridgehead atoms. The number of hydrogen-bond donors (Lipinski definition) is 1. The molecular formula is C12H18N2O3. The summed E-state index contributed by atoms with van der Waals surface area (Å²) < 4.78 is 5.29. The Morgan fingerprint density at radius 3 is 2.71 bits per heavy atom. The van der Waals surface area contributed by atoms with Gasteiger partial charge in [0.15, 0.2) is 0 Å². The lowest BCUT2D eigenvalue weighted by Gasteiger charge is -2.12. The Hall–Kier alpha value is -1.65. The number of ether oxygens (including phenoxy) is 1. The van der Waals surface area contributed by atoms with E-state index in [-0.39, 0.29) is 0 Å². The van der Waals surface area contributed by atoms with Crippen molar-refractivity contribution in [1.82, 2.24) is 9.97 Å². The molecule has 1 atom stereocenters. The number of carboxylic acids is 1. The minimum Gasteiger partial charge on any atom is -0.481 e. The zero-order valence-corrected chi connectivity index (χ0v) is 10.4. The Labute approximate surface area is 101 Å². The molecule has 1 heterocycles. The van der Waals surface area contributed by atoms with Gasteiger partial charge in [-0.25, -0.2) is 4.98 Å². The lowest BCUT2D eigenvalue weighted by molar-refractivity contribution is -0.139. The van der Waals surface area contributed by atoms with Crippen molar-refractivity contribution in [2.75, 3.05) is 6.61 Å². The van der Waals surface area contributed by atoms with Crippen molar-refractivity contribution in [3.8, 4) is 5.88 Å². The van der Waals surface area contributed by atoms with Gasteiger partial charge in [0, 0.05) is 6.07 Å². The van der Waals surface area contributed by atoms with Crippen LogP contribution in [0.2, 0.25) is 0 Å². The van der Waals surface area contributed by atoms with Crippen LogP contribution >= 0.6 is 0 Å². The predicted octanol–water partition coefficient (Wildman–Crippen LogP) is 2.15. The molecule has 0 aliphatic carbocycles. The fraction of sp³-hybridized carbons (Fsp3) is 0.583. The second-order valence-electron chi connectivity index (χ2n) is 3.79. The number of aliphatic carboxylic acids is 1. The third-order valence-electron chi connectivity index (χ3n) is 2.36. The van der Waals surface area contributed by atoms with Crippen LogP contribution in [0.15, 0.2) is 6.07 Å². The molecule has 0 radical (unpaired) electrons. The molecule has 0 aromatic carbocycles. The number of aromatic nitrogens is 2. The molecule has 1 aromatic heterocycles. The van der Waals surface area contributed by atoms with Crippen molar-refractivity contribution in [1.29, 1.82) is 0 Å². The minimum absolute atomic E-state index is 0.442. The normalized spacial score (nSPS) is 12.2. The van der Waals surface area contributed by atoms with Gasteiger partial charge in [0.05, 0.1) is 18.2 Å². The first-order chi connectivity index (χ1) is 8.08. The van der Waals surface area contributed by atoms with E-state index in [1.54, 1.807) is 13.0 Å². The third-order valence-corrected chi connectivity index (χ3v) is 2.36. The van der Waals surface area contributed by atoms with E-state index >= 15 is 0 Å². The highest BCUT2D eigenvalue weighted by atomic mass is 16.5. The number of carbonyl (C=O) groups is 1. The predicted molar refractivity (Wildman–Crippen MR) is 63.2 cm³/mol. The molecule has 0 fully saturated rings. The van der Waals surface area contributed by atoms with Gasteiger partial charge in [-0.05, 0) is 20.3 Å². The Balaban J connectivity index is 3.05. The molecule has 5 heteroatoms. The van der Waals surface area contributed by atoms with Crippen LogP contribution in [0.4, 0.5) is 0 Å². The highest BCUT2D eigenvalue weighted by molar-refractivity contribution is 5.75. The highest BCUT2D eigenvalue weighted by Gasteiger charge is 2.21. The van der Waals surface area contributed by atoms with E-state index in [0.29, 0.717) is 30.4 Å². The molecule has 1 aromatic rings. The van der Waals surface area contributed by atoms with Crippen LogP contribution in [0.5, 0.6) is 5.88 Å². The lowest BCUT2D eigenvalue weighted by atomic mass is 10.00. The van der Waals surface area contributed by atoms with E-state index in [1.807, 2.05) is 13.8 Å². The second-order valence-corrected chi connectivity index (χ2v) is 3.79. The largest absolute Gasteiger partial charge is 0.481 e. The van der Waals surface area contributed by atoms with E-state index in [0.717, 1.165) is 6.42 Å². The third kappa shape index (κ3) is 3.69. The van der Waals surface area contributed by atoms with Crippen LogP contribution in [-0.2, 0) is 4.79 Å².